The SMILES string of the molecule is CC(=O)OC(C)CCSCCC(C)OC(C)=O. The predicted molar refractivity (Wildman–Crippen MR) is 69.0 cm³/mol. The minimum Gasteiger partial charge on any atom is -0.463 e. The molecule has 2 atom stereocenters. The maximum absolute atomic E-state index is 10.7. The van der Waals surface area contributed by atoms with Crippen molar-refractivity contribution in [1.82, 2.24) is 0 Å². The van der Waals surface area contributed by atoms with E-state index in [2.05, 4.69) is 0 Å². The van der Waals surface area contributed by atoms with Gasteiger partial charge in [-0.1, -0.05) is 0 Å². The van der Waals surface area contributed by atoms with Gasteiger partial charge < -0.3 is 9.47 Å². The highest BCUT2D eigenvalue weighted by Gasteiger charge is 2.07. The topological polar surface area (TPSA) is 52.6 Å². The van der Waals surface area contributed by atoms with E-state index < -0.39 is 0 Å². The summed E-state index contributed by atoms with van der Waals surface area (Å²) in [5, 5.41) is 0. The molecular weight excluding hydrogens is 240 g/mol. The van der Waals surface area contributed by atoms with Gasteiger partial charge in [0.15, 0.2) is 0 Å². The monoisotopic (exact) mass is 262 g/mol. The second-order valence-electron chi connectivity index (χ2n) is 4.03. The summed E-state index contributed by atoms with van der Waals surface area (Å²) >= 11 is 1.78. The molecule has 100 valence electrons. The van der Waals surface area contributed by atoms with Gasteiger partial charge in [0.25, 0.3) is 0 Å². The second kappa shape index (κ2) is 9.33. The summed E-state index contributed by atoms with van der Waals surface area (Å²) in [5.74, 6) is 1.43. The van der Waals surface area contributed by atoms with Crippen LogP contribution in [-0.2, 0) is 19.1 Å². The van der Waals surface area contributed by atoms with Gasteiger partial charge in [-0.2, -0.15) is 11.8 Å². The van der Waals surface area contributed by atoms with Crippen LogP contribution in [-0.4, -0.2) is 35.7 Å². The predicted octanol–water partition coefficient (Wildman–Crippen LogP) is 2.40. The lowest BCUT2D eigenvalue weighted by atomic mass is 10.3. The fraction of sp³-hybridized carbons (Fsp3) is 0.833. The molecule has 17 heavy (non-hydrogen) atoms. The van der Waals surface area contributed by atoms with E-state index in [1.54, 1.807) is 11.8 Å². The van der Waals surface area contributed by atoms with Gasteiger partial charge in [0, 0.05) is 13.8 Å². The molecule has 4 nitrogen and oxygen atoms in total. The number of hydrogen-bond acceptors (Lipinski definition) is 5. The molecule has 0 radical (unpaired) electrons. The number of esters is 2. The fourth-order valence-electron chi connectivity index (χ4n) is 1.29. The summed E-state index contributed by atoms with van der Waals surface area (Å²) in [6.07, 6.45) is 1.66. The average molecular weight is 262 g/mol. The lowest BCUT2D eigenvalue weighted by molar-refractivity contribution is -0.146. The van der Waals surface area contributed by atoms with Crippen LogP contribution >= 0.6 is 11.8 Å². The van der Waals surface area contributed by atoms with Gasteiger partial charge in [0.1, 0.15) is 0 Å². The van der Waals surface area contributed by atoms with Crippen LogP contribution in [0.5, 0.6) is 0 Å². The maximum Gasteiger partial charge on any atom is 0.302 e. The van der Waals surface area contributed by atoms with Crippen LogP contribution in [0.1, 0.15) is 40.5 Å². The Kier molecular flexibility index (Phi) is 8.94. The highest BCUT2D eigenvalue weighted by molar-refractivity contribution is 7.99. The second-order valence-corrected chi connectivity index (χ2v) is 5.25. The molecule has 0 bridgehead atoms. The summed E-state index contributed by atoms with van der Waals surface area (Å²) in [6.45, 7) is 6.63. The molecule has 0 rings (SSSR count). The molecule has 0 aliphatic rings. The summed E-state index contributed by atoms with van der Waals surface area (Å²) < 4.78 is 10.0. The van der Waals surface area contributed by atoms with Crippen LogP contribution in [0.2, 0.25) is 0 Å². The van der Waals surface area contributed by atoms with Crippen molar-refractivity contribution >= 4 is 23.7 Å². The molecule has 0 aromatic carbocycles. The van der Waals surface area contributed by atoms with Gasteiger partial charge in [0.2, 0.25) is 0 Å². The molecule has 0 amide bonds. The van der Waals surface area contributed by atoms with Gasteiger partial charge in [-0.3, -0.25) is 9.59 Å². The zero-order valence-corrected chi connectivity index (χ0v) is 11.8. The number of ether oxygens (including phenoxy) is 2. The number of rotatable bonds is 8. The molecule has 0 N–H and O–H groups in total. The van der Waals surface area contributed by atoms with E-state index in [4.69, 9.17) is 9.47 Å². The highest BCUT2D eigenvalue weighted by atomic mass is 32.2. The lowest BCUT2D eigenvalue weighted by Crippen LogP contribution is -2.14. The Labute approximate surface area is 107 Å². The van der Waals surface area contributed by atoms with Crippen LogP contribution in [0.25, 0.3) is 0 Å². The van der Waals surface area contributed by atoms with Gasteiger partial charge in [-0.15, -0.1) is 0 Å². The van der Waals surface area contributed by atoms with Crippen molar-refractivity contribution in [3.05, 3.63) is 0 Å². The molecule has 0 aromatic heterocycles. The Bertz CT molecular complexity index is 219. The Morgan fingerprint density at radius 3 is 1.59 bits per heavy atom. The zero-order valence-electron chi connectivity index (χ0n) is 11.0. The van der Waals surface area contributed by atoms with Gasteiger partial charge >= 0.3 is 11.9 Å². The van der Waals surface area contributed by atoms with E-state index in [-0.39, 0.29) is 24.1 Å². The van der Waals surface area contributed by atoms with E-state index >= 15 is 0 Å². The summed E-state index contributed by atoms with van der Waals surface area (Å²) in [4.78, 5) is 21.3. The van der Waals surface area contributed by atoms with Crippen molar-refractivity contribution in [1.29, 1.82) is 0 Å². The van der Waals surface area contributed by atoms with Gasteiger partial charge in [-0.25, -0.2) is 0 Å². The number of carbonyl (C=O) groups excluding carboxylic acids is 2. The quantitative estimate of drug-likeness (QED) is 0.496. The molecule has 0 aliphatic heterocycles. The smallest absolute Gasteiger partial charge is 0.302 e. The van der Waals surface area contributed by atoms with Crippen molar-refractivity contribution in [2.24, 2.45) is 0 Å². The normalized spacial score (nSPS) is 13.9. The third-order valence-corrected chi connectivity index (χ3v) is 3.12. The molecule has 5 heteroatoms. The first-order valence-electron chi connectivity index (χ1n) is 5.84. The fourth-order valence-corrected chi connectivity index (χ4v) is 2.49. The summed E-state index contributed by atoms with van der Waals surface area (Å²) in [6, 6.07) is 0. The number of hydrogen-bond donors (Lipinski definition) is 0. The molecular formula is C12H22O4S. The molecule has 0 heterocycles. The highest BCUT2D eigenvalue weighted by Crippen LogP contribution is 2.11. The molecule has 0 fully saturated rings. The average Bonchev–Trinajstić information content (AvgIpc) is 2.14. The number of thioether (sulfide) groups is 1. The Hall–Kier alpha value is -0.710. The van der Waals surface area contributed by atoms with E-state index in [1.807, 2.05) is 13.8 Å². The van der Waals surface area contributed by atoms with E-state index in [0.29, 0.717) is 0 Å². The third kappa shape index (κ3) is 11.6. The van der Waals surface area contributed by atoms with Crippen molar-refractivity contribution < 1.29 is 19.1 Å². The lowest BCUT2D eigenvalue weighted by Gasteiger charge is -2.13. The standard InChI is InChI=1S/C12H22O4S/c1-9(15-11(3)13)5-7-17-8-6-10(2)16-12(4)14/h9-10H,5-8H2,1-4H3. The van der Waals surface area contributed by atoms with E-state index in [9.17, 15) is 9.59 Å². The van der Waals surface area contributed by atoms with Crippen molar-refractivity contribution in [2.45, 2.75) is 52.7 Å². The molecule has 2 unspecified atom stereocenters. The van der Waals surface area contributed by atoms with Crippen LogP contribution < -0.4 is 0 Å². The number of carbonyl (C=O) groups is 2. The first kappa shape index (κ1) is 16.3. The van der Waals surface area contributed by atoms with Crippen molar-refractivity contribution in [3.8, 4) is 0 Å². The first-order valence-corrected chi connectivity index (χ1v) is 6.99. The summed E-state index contributed by atoms with van der Waals surface area (Å²) in [5.41, 5.74) is 0. The van der Waals surface area contributed by atoms with Gasteiger partial charge in [-0.05, 0) is 38.2 Å². The first-order chi connectivity index (χ1) is 7.91. The Morgan fingerprint density at radius 2 is 1.29 bits per heavy atom. The van der Waals surface area contributed by atoms with Gasteiger partial charge in [0.05, 0.1) is 12.2 Å². The van der Waals surface area contributed by atoms with Crippen LogP contribution in [0.15, 0.2) is 0 Å². The van der Waals surface area contributed by atoms with E-state index in [1.165, 1.54) is 13.8 Å². The van der Waals surface area contributed by atoms with Crippen molar-refractivity contribution in [3.63, 3.8) is 0 Å². The van der Waals surface area contributed by atoms with E-state index in [0.717, 1.165) is 24.3 Å². The molecule has 0 spiro atoms. The largest absolute Gasteiger partial charge is 0.463 e. The van der Waals surface area contributed by atoms with Crippen LogP contribution in [0.3, 0.4) is 0 Å². The van der Waals surface area contributed by atoms with Crippen molar-refractivity contribution in [2.75, 3.05) is 11.5 Å². The zero-order chi connectivity index (χ0) is 13.3. The molecule has 0 aromatic rings. The minimum atomic E-state index is -0.231. The summed E-state index contributed by atoms with van der Waals surface area (Å²) in [7, 11) is 0. The molecule has 0 saturated heterocycles. The molecule has 0 aliphatic carbocycles. The van der Waals surface area contributed by atoms with Crippen LogP contribution in [0.4, 0.5) is 0 Å². The van der Waals surface area contributed by atoms with Crippen LogP contribution in [0, 0.1) is 0 Å². The minimum absolute atomic E-state index is 0.0223. The Balaban J connectivity index is 3.39. The molecule has 0 saturated carbocycles. The third-order valence-electron chi connectivity index (χ3n) is 2.07. The Morgan fingerprint density at radius 1 is 0.941 bits per heavy atom. The maximum atomic E-state index is 10.7.